The van der Waals surface area contributed by atoms with E-state index in [2.05, 4.69) is 18.7 Å². The molecule has 2 atom stereocenters. The van der Waals surface area contributed by atoms with Crippen molar-refractivity contribution in [1.29, 1.82) is 0 Å². The summed E-state index contributed by atoms with van der Waals surface area (Å²) in [6.45, 7) is 5.52. The molecule has 1 aliphatic carbocycles. The highest BCUT2D eigenvalue weighted by atomic mass is 16.3. The Hall–Kier alpha value is -0.0800. The van der Waals surface area contributed by atoms with E-state index < -0.39 is 0 Å². The van der Waals surface area contributed by atoms with Crippen LogP contribution in [-0.4, -0.2) is 34.2 Å². The van der Waals surface area contributed by atoms with E-state index >= 15 is 0 Å². The lowest BCUT2D eigenvalue weighted by Gasteiger charge is -2.39. The quantitative estimate of drug-likeness (QED) is 0.798. The van der Waals surface area contributed by atoms with Crippen LogP contribution in [0.1, 0.15) is 65.2 Å². The number of hydrogen-bond donors (Lipinski definition) is 1. The number of hydrogen-bond acceptors (Lipinski definition) is 2. The van der Waals surface area contributed by atoms with Crippen LogP contribution in [0.25, 0.3) is 0 Å². The molecule has 2 rings (SSSR count). The molecule has 2 fully saturated rings. The van der Waals surface area contributed by atoms with Gasteiger partial charge in [-0.1, -0.05) is 26.2 Å². The van der Waals surface area contributed by atoms with Gasteiger partial charge in [-0.15, -0.1) is 0 Å². The second-order valence-corrected chi connectivity index (χ2v) is 5.95. The van der Waals surface area contributed by atoms with Crippen molar-refractivity contribution in [2.24, 2.45) is 0 Å². The predicted molar refractivity (Wildman–Crippen MR) is 67.5 cm³/mol. The summed E-state index contributed by atoms with van der Waals surface area (Å²) in [5.74, 6) is 0. The molecule has 1 saturated heterocycles. The van der Waals surface area contributed by atoms with Crippen molar-refractivity contribution in [2.75, 3.05) is 6.54 Å². The molecule has 0 aromatic carbocycles. The number of likely N-dealkylation sites (tertiary alicyclic amines) is 1. The Morgan fingerprint density at radius 3 is 2.50 bits per heavy atom. The number of β-amino-alcohol motifs (C(OH)–C–C–N with tert-alkyl or cyclic N) is 1. The van der Waals surface area contributed by atoms with Gasteiger partial charge in [0, 0.05) is 18.6 Å². The van der Waals surface area contributed by atoms with E-state index in [1.807, 2.05) is 0 Å². The lowest BCUT2D eigenvalue weighted by Crippen LogP contribution is -2.48. The number of nitrogens with zero attached hydrogens (tertiary/aromatic N) is 1. The second-order valence-electron chi connectivity index (χ2n) is 5.95. The molecule has 1 saturated carbocycles. The molecular formula is C14H27NO. The lowest BCUT2D eigenvalue weighted by atomic mass is 9.84. The molecule has 0 amide bonds. The van der Waals surface area contributed by atoms with Crippen LogP contribution >= 0.6 is 0 Å². The van der Waals surface area contributed by atoms with Crippen LogP contribution in [-0.2, 0) is 0 Å². The van der Waals surface area contributed by atoms with Crippen LogP contribution in [0.15, 0.2) is 0 Å². The Morgan fingerprint density at radius 2 is 1.88 bits per heavy atom. The van der Waals surface area contributed by atoms with Crippen molar-refractivity contribution in [3.63, 3.8) is 0 Å². The van der Waals surface area contributed by atoms with E-state index in [-0.39, 0.29) is 5.60 Å². The van der Waals surface area contributed by atoms with E-state index in [4.69, 9.17) is 0 Å². The minimum Gasteiger partial charge on any atom is -0.389 e. The molecule has 1 heterocycles. The number of aliphatic hydroxyl groups is 1. The highest BCUT2D eigenvalue weighted by Crippen LogP contribution is 2.33. The summed E-state index contributed by atoms with van der Waals surface area (Å²) in [5, 5.41) is 10.6. The first-order valence-corrected chi connectivity index (χ1v) is 7.13. The maximum Gasteiger partial charge on any atom is 0.0774 e. The Kier molecular flexibility index (Phi) is 3.91. The van der Waals surface area contributed by atoms with Crippen LogP contribution in [0, 0.1) is 0 Å². The van der Waals surface area contributed by atoms with Crippen molar-refractivity contribution >= 4 is 0 Å². The molecule has 1 aliphatic heterocycles. The molecule has 94 valence electrons. The van der Waals surface area contributed by atoms with Gasteiger partial charge in [0.2, 0.25) is 0 Å². The molecule has 0 bridgehead atoms. The third-order valence-electron chi connectivity index (χ3n) is 4.69. The molecule has 16 heavy (non-hydrogen) atoms. The van der Waals surface area contributed by atoms with Crippen molar-refractivity contribution in [3.8, 4) is 0 Å². The number of rotatable bonds is 3. The average molecular weight is 225 g/mol. The fourth-order valence-corrected chi connectivity index (χ4v) is 3.56. The van der Waals surface area contributed by atoms with Gasteiger partial charge in [0.25, 0.3) is 0 Å². The fraction of sp³-hybridized carbons (Fsp3) is 1.00. The maximum atomic E-state index is 10.6. The summed E-state index contributed by atoms with van der Waals surface area (Å²) >= 11 is 0. The first-order chi connectivity index (χ1) is 7.64. The zero-order valence-corrected chi connectivity index (χ0v) is 10.9. The maximum absolute atomic E-state index is 10.6. The smallest absolute Gasteiger partial charge is 0.0774 e. The predicted octanol–water partition coefficient (Wildman–Crippen LogP) is 2.94. The highest BCUT2D eigenvalue weighted by Gasteiger charge is 2.37. The monoisotopic (exact) mass is 225 g/mol. The van der Waals surface area contributed by atoms with Crippen LogP contribution < -0.4 is 0 Å². The van der Waals surface area contributed by atoms with Gasteiger partial charge >= 0.3 is 0 Å². The zero-order valence-electron chi connectivity index (χ0n) is 10.9. The largest absolute Gasteiger partial charge is 0.389 e. The first kappa shape index (κ1) is 12.4. The SMILES string of the molecule is CCC1CCC(C)N1CC1(O)CCCCC1. The third kappa shape index (κ3) is 2.60. The van der Waals surface area contributed by atoms with Gasteiger partial charge in [-0.2, -0.15) is 0 Å². The molecule has 1 N–H and O–H groups in total. The van der Waals surface area contributed by atoms with Crippen LogP contribution in [0.5, 0.6) is 0 Å². The minimum absolute atomic E-state index is 0.371. The van der Waals surface area contributed by atoms with Crippen molar-refractivity contribution in [2.45, 2.75) is 82.9 Å². The van der Waals surface area contributed by atoms with Gasteiger partial charge in [-0.3, -0.25) is 4.90 Å². The minimum atomic E-state index is -0.371. The van der Waals surface area contributed by atoms with E-state index in [0.717, 1.165) is 25.4 Å². The normalized spacial score (nSPS) is 35.4. The van der Waals surface area contributed by atoms with Gasteiger partial charge in [-0.25, -0.2) is 0 Å². The van der Waals surface area contributed by atoms with E-state index in [9.17, 15) is 5.11 Å². The van der Waals surface area contributed by atoms with E-state index in [0.29, 0.717) is 6.04 Å². The molecule has 2 unspecified atom stereocenters. The average Bonchev–Trinajstić information content (AvgIpc) is 2.61. The van der Waals surface area contributed by atoms with Crippen molar-refractivity contribution < 1.29 is 5.11 Å². The molecule has 2 heteroatoms. The summed E-state index contributed by atoms with van der Waals surface area (Å²) in [5.41, 5.74) is -0.371. The standard InChI is InChI=1S/C14H27NO/c1-3-13-8-7-12(2)15(13)11-14(16)9-5-4-6-10-14/h12-13,16H,3-11H2,1-2H3. The Labute approximate surface area is 100 Å². The topological polar surface area (TPSA) is 23.5 Å². The van der Waals surface area contributed by atoms with Gasteiger partial charge in [0.1, 0.15) is 0 Å². The highest BCUT2D eigenvalue weighted by molar-refractivity contribution is 4.92. The summed E-state index contributed by atoms with van der Waals surface area (Å²) in [6.07, 6.45) is 9.67. The summed E-state index contributed by atoms with van der Waals surface area (Å²) < 4.78 is 0. The molecule has 0 radical (unpaired) electrons. The zero-order chi connectivity index (χ0) is 11.6. The Morgan fingerprint density at radius 1 is 1.19 bits per heavy atom. The van der Waals surface area contributed by atoms with Gasteiger partial charge in [-0.05, 0) is 39.0 Å². The molecule has 0 aromatic rings. The van der Waals surface area contributed by atoms with Gasteiger partial charge < -0.3 is 5.11 Å². The molecular weight excluding hydrogens is 198 g/mol. The first-order valence-electron chi connectivity index (χ1n) is 7.13. The third-order valence-corrected chi connectivity index (χ3v) is 4.69. The van der Waals surface area contributed by atoms with Gasteiger partial charge in [0.15, 0.2) is 0 Å². The van der Waals surface area contributed by atoms with E-state index in [1.54, 1.807) is 0 Å². The molecule has 2 nitrogen and oxygen atoms in total. The lowest BCUT2D eigenvalue weighted by molar-refractivity contribution is -0.0366. The van der Waals surface area contributed by atoms with Crippen molar-refractivity contribution in [3.05, 3.63) is 0 Å². The molecule has 0 aromatic heterocycles. The van der Waals surface area contributed by atoms with E-state index in [1.165, 1.54) is 38.5 Å². The second kappa shape index (κ2) is 5.05. The fourth-order valence-electron chi connectivity index (χ4n) is 3.56. The van der Waals surface area contributed by atoms with Crippen molar-refractivity contribution in [1.82, 2.24) is 4.90 Å². The van der Waals surface area contributed by atoms with Crippen LogP contribution in [0.2, 0.25) is 0 Å². The molecule has 0 spiro atoms. The van der Waals surface area contributed by atoms with Gasteiger partial charge in [0.05, 0.1) is 5.60 Å². The Bertz CT molecular complexity index is 223. The summed E-state index contributed by atoms with van der Waals surface area (Å²) in [7, 11) is 0. The summed E-state index contributed by atoms with van der Waals surface area (Å²) in [6, 6.07) is 1.40. The summed E-state index contributed by atoms with van der Waals surface area (Å²) in [4.78, 5) is 2.57. The molecule has 2 aliphatic rings. The Balaban J connectivity index is 1.96. The van der Waals surface area contributed by atoms with Crippen LogP contribution in [0.4, 0.5) is 0 Å². The van der Waals surface area contributed by atoms with Crippen LogP contribution in [0.3, 0.4) is 0 Å².